The fraction of sp³-hybridized carbons (Fsp3) is 0.485. The number of halogens is 3. The van der Waals surface area contributed by atoms with Gasteiger partial charge in [-0.05, 0) is 62.6 Å². The number of aromatic nitrogens is 2. The highest BCUT2D eigenvalue weighted by atomic mass is 35.5. The number of nitrogens with zero attached hydrogens (tertiary/aromatic N) is 5. The molecule has 3 saturated heterocycles. The van der Waals surface area contributed by atoms with Gasteiger partial charge < -0.3 is 25.2 Å². The van der Waals surface area contributed by atoms with E-state index in [1.165, 1.54) is 12.1 Å². The lowest BCUT2D eigenvalue weighted by Gasteiger charge is -2.32. The predicted molar refractivity (Wildman–Crippen MR) is 174 cm³/mol. The number of nitrogens with two attached hydrogens (primary N) is 1. The van der Waals surface area contributed by atoms with Crippen LogP contribution < -0.4 is 20.1 Å². The quantitative estimate of drug-likeness (QED) is 0.260. The van der Waals surface area contributed by atoms with Crippen LogP contribution in [-0.4, -0.2) is 70.5 Å². The van der Waals surface area contributed by atoms with Gasteiger partial charge in [0.05, 0.1) is 38.4 Å². The van der Waals surface area contributed by atoms with Gasteiger partial charge in [0, 0.05) is 24.0 Å². The number of nitrogen functional groups attached to an aromatic ring is 1. The van der Waals surface area contributed by atoms with Gasteiger partial charge in [-0.25, -0.2) is 8.78 Å². The van der Waals surface area contributed by atoms with Gasteiger partial charge in [0.1, 0.15) is 41.4 Å². The topological polar surface area (TPSA) is 121 Å². The summed E-state index contributed by atoms with van der Waals surface area (Å²) in [6.07, 6.45) is 4.62. The van der Waals surface area contributed by atoms with E-state index in [9.17, 15) is 14.8 Å². The van der Waals surface area contributed by atoms with Crippen molar-refractivity contribution >= 4 is 54.7 Å². The summed E-state index contributed by atoms with van der Waals surface area (Å²) in [5, 5.41) is 21.6. The van der Waals surface area contributed by atoms with Gasteiger partial charge in [-0.2, -0.15) is 15.2 Å². The molecule has 13 heteroatoms. The Labute approximate surface area is 273 Å². The number of nitriles is 1. The standard InChI is InChI=1S/C33H33ClF2N6O3S/c1-16-11-33(8-4-9-41(33)13-16)15-45-32-39-27-24-28(44-14-20-21(43)5-2-3-10-42(20)31(24)40-32)25(34)23(26(27)36)17-6-7-19(35)29-22(17)18(12-37)30(38)46-29/h6-7,16,20-21,43H,2-5,8-11,13-15,38H2,1H3/t16-,20?,21?,33+/m1/s1. The highest BCUT2D eigenvalue weighted by Gasteiger charge is 2.48. The van der Waals surface area contributed by atoms with Crippen LogP contribution in [0.1, 0.15) is 51.0 Å². The predicted octanol–water partition coefficient (Wildman–Crippen LogP) is 6.26. The van der Waals surface area contributed by atoms with Crippen LogP contribution in [0.15, 0.2) is 12.1 Å². The number of aliphatic hydroxyl groups excluding tert-OH is 1. The maximum atomic E-state index is 17.1. The maximum absolute atomic E-state index is 17.1. The first-order valence-corrected chi connectivity index (χ1v) is 17.0. The molecular formula is C33H33ClF2N6O3S. The molecule has 4 aliphatic heterocycles. The molecule has 0 aliphatic carbocycles. The van der Waals surface area contributed by atoms with Gasteiger partial charge in [-0.15, -0.1) is 11.3 Å². The Morgan fingerprint density at radius 1 is 1.24 bits per heavy atom. The normalized spacial score (nSPS) is 26.0. The second-order valence-electron chi connectivity index (χ2n) is 13.1. The zero-order valence-electron chi connectivity index (χ0n) is 25.3. The first kappa shape index (κ1) is 29.9. The molecule has 4 aliphatic rings. The van der Waals surface area contributed by atoms with E-state index in [4.69, 9.17) is 31.8 Å². The molecule has 6 heterocycles. The fourth-order valence-corrected chi connectivity index (χ4v) is 9.53. The number of fused-ring (bicyclic) bond motifs is 4. The van der Waals surface area contributed by atoms with Gasteiger partial charge in [0.15, 0.2) is 11.6 Å². The summed E-state index contributed by atoms with van der Waals surface area (Å²) in [5.74, 6) is -0.240. The smallest absolute Gasteiger partial charge is 0.319 e. The van der Waals surface area contributed by atoms with Crippen molar-refractivity contribution in [1.29, 1.82) is 5.26 Å². The maximum Gasteiger partial charge on any atom is 0.319 e. The molecule has 8 rings (SSSR count). The van der Waals surface area contributed by atoms with Crippen molar-refractivity contribution in [2.45, 2.75) is 63.1 Å². The molecule has 46 heavy (non-hydrogen) atoms. The third-order valence-electron chi connectivity index (χ3n) is 10.3. The molecule has 0 saturated carbocycles. The van der Waals surface area contributed by atoms with E-state index >= 15 is 4.39 Å². The van der Waals surface area contributed by atoms with Gasteiger partial charge >= 0.3 is 6.01 Å². The minimum absolute atomic E-state index is 0.0301. The number of anilines is 2. The minimum Gasteiger partial charge on any atom is -0.489 e. The molecule has 0 radical (unpaired) electrons. The molecule has 0 bridgehead atoms. The van der Waals surface area contributed by atoms with Crippen LogP contribution in [0.4, 0.5) is 19.6 Å². The minimum atomic E-state index is -0.772. The second kappa shape index (κ2) is 11.0. The van der Waals surface area contributed by atoms with Gasteiger partial charge in [-0.3, -0.25) is 4.90 Å². The number of ether oxygens (including phenoxy) is 2. The number of hydrogen-bond acceptors (Lipinski definition) is 10. The van der Waals surface area contributed by atoms with Crippen molar-refractivity contribution < 1.29 is 23.4 Å². The Bertz CT molecular complexity index is 1950. The first-order valence-electron chi connectivity index (χ1n) is 15.8. The molecular weight excluding hydrogens is 634 g/mol. The third-order valence-corrected chi connectivity index (χ3v) is 11.7. The second-order valence-corrected chi connectivity index (χ2v) is 14.6. The van der Waals surface area contributed by atoms with Crippen LogP contribution in [0.25, 0.3) is 32.1 Å². The van der Waals surface area contributed by atoms with Crippen LogP contribution in [-0.2, 0) is 0 Å². The van der Waals surface area contributed by atoms with E-state index in [0.29, 0.717) is 31.3 Å². The fourth-order valence-electron chi connectivity index (χ4n) is 8.24. The van der Waals surface area contributed by atoms with Crippen LogP contribution in [0, 0.1) is 28.9 Å². The number of benzene rings is 2. The van der Waals surface area contributed by atoms with Crippen molar-refractivity contribution in [3.8, 4) is 29.0 Å². The Morgan fingerprint density at radius 3 is 2.91 bits per heavy atom. The molecule has 3 fully saturated rings. The van der Waals surface area contributed by atoms with Crippen LogP contribution >= 0.6 is 22.9 Å². The summed E-state index contributed by atoms with van der Waals surface area (Å²) >= 11 is 7.96. The highest BCUT2D eigenvalue weighted by molar-refractivity contribution is 7.23. The summed E-state index contributed by atoms with van der Waals surface area (Å²) < 4.78 is 45.0. The number of thiophene rings is 1. The van der Waals surface area contributed by atoms with Crippen molar-refractivity contribution in [3.63, 3.8) is 0 Å². The van der Waals surface area contributed by atoms with E-state index < -0.39 is 23.8 Å². The zero-order chi connectivity index (χ0) is 31.9. The third kappa shape index (κ3) is 4.43. The lowest BCUT2D eigenvalue weighted by Crippen LogP contribution is -2.46. The van der Waals surface area contributed by atoms with Gasteiger partial charge in [0.2, 0.25) is 0 Å². The summed E-state index contributed by atoms with van der Waals surface area (Å²) in [5.41, 5.74) is 6.10. The molecule has 9 nitrogen and oxygen atoms in total. The molecule has 4 aromatic rings. The molecule has 2 aromatic heterocycles. The molecule has 2 aromatic carbocycles. The van der Waals surface area contributed by atoms with Crippen molar-refractivity contribution in [1.82, 2.24) is 14.9 Å². The monoisotopic (exact) mass is 666 g/mol. The van der Waals surface area contributed by atoms with E-state index in [-0.39, 0.29) is 71.6 Å². The van der Waals surface area contributed by atoms with E-state index in [0.717, 1.165) is 56.5 Å². The van der Waals surface area contributed by atoms with Gasteiger partial charge in [-0.1, -0.05) is 24.6 Å². The van der Waals surface area contributed by atoms with E-state index in [2.05, 4.69) is 16.8 Å². The molecule has 0 spiro atoms. The highest BCUT2D eigenvalue weighted by Crippen LogP contribution is 2.51. The number of rotatable bonds is 4. The Hall–Kier alpha value is -3.50. The summed E-state index contributed by atoms with van der Waals surface area (Å²) in [6, 6.07) is 4.23. The Morgan fingerprint density at radius 2 is 2.09 bits per heavy atom. The van der Waals surface area contributed by atoms with Crippen LogP contribution in [0.3, 0.4) is 0 Å². The molecule has 2 unspecified atom stereocenters. The first-order chi connectivity index (χ1) is 22.2. The van der Waals surface area contributed by atoms with E-state index in [1.54, 1.807) is 0 Å². The van der Waals surface area contributed by atoms with Crippen molar-refractivity contribution in [2.24, 2.45) is 5.92 Å². The summed E-state index contributed by atoms with van der Waals surface area (Å²) in [6.45, 7) is 5.31. The average Bonchev–Trinajstić information content (AvgIpc) is 3.59. The number of hydrogen-bond donors (Lipinski definition) is 2. The molecule has 240 valence electrons. The van der Waals surface area contributed by atoms with Crippen LogP contribution in [0.5, 0.6) is 11.8 Å². The largest absolute Gasteiger partial charge is 0.489 e. The molecule has 0 amide bonds. The molecule has 4 atom stereocenters. The van der Waals surface area contributed by atoms with Gasteiger partial charge in [0.25, 0.3) is 0 Å². The lowest BCUT2D eigenvalue weighted by atomic mass is 9.92. The van der Waals surface area contributed by atoms with Crippen LogP contribution in [0.2, 0.25) is 5.02 Å². The Balaban J connectivity index is 1.35. The summed E-state index contributed by atoms with van der Waals surface area (Å²) in [7, 11) is 0. The number of aliphatic hydroxyl groups is 1. The average molecular weight is 667 g/mol. The summed E-state index contributed by atoms with van der Waals surface area (Å²) in [4.78, 5) is 14.0. The Kier molecular flexibility index (Phi) is 7.17. The zero-order valence-corrected chi connectivity index (χ0v) is 26.9. The lowest BCUT2D eigenvalue weighted by molar-refractivity contribution is 0.107. The SMILES string of the molecule is C[C@H]1CN2CCC[C@@]2(COc2nc3c4c(c(Cl)c(-c5ccc(F)c6sc(N)c(C#N)c56)c(F)c4n2)OCC2C(O)CCCCN32)C1. The van der Waals surface area contributed by atoms with Crippen molar-refractivity contribution in [3.05, 3.63) is 34.4 Å². The van der Waals surface area contributed by atoms with E-state index in [1.807, 2.05) is 11.0 Å². The van der Waals surface area contributed by atoms with Crippen molar-refractivity contribution in [2.75, 3.05) is 43.5 Å². The molecule has 3 N–H and O–H groups in total.